The molecule has 1 saturated heterocycles. The van der Waals surface area contributed by atoms with Crippen molar-refractivity contribution in [3.63, 3.8) is 0 Å². The second-order valence-corrected chi connectivity index (χ2v) is 5.91. The van der Waals surface area contributed by atoms with Crippen molar-refractivity contribution < 1.29 is 4.79 Å². The molecule has 2 heterocycles. The van der Waals surface area contributed by atoms with Gasteiger partial charge in [0.25, 0.3) is 5.56 Å². The number of nitrogens with zero attached hydrogens (tertiary/aromatic N) is 3. The predicted molar refractivity (Wildman–Crippen MR) is 88.0 cm³/mol. The van der Waals surface area contributed by atoms with Gasteiger partial charge < -0.3 is 10.2 Å². The minimum atomic E-state index is -0.356. The maximum Gasteiger partial charge on any atom is 0.282 e. The van der Waals surface area contributed by atoms with Crippen molar-refractivity contribution in [2.24, 2.45) is 7.05 Å². The van der Waals surface area contributed by atoms with Gasteiger partial charge in [-0.1, -0.05) is 18.2 Å². The summed E-state index contributed by atoms with van der Waals surface area (Å²) >= 11 is 3.26. The lowest BCUT2D eigenvalue weighted by Crippen LogP contribution is -2.34. The lowest BCUT2D eigenvalue weighted by Gasteiger charge is -2.18. The predicted octanol–water partition coefficient (Wildman–Crippen LogP) is 1.76. The number of hydrogen-bond donors (Lipinski definition) is 1. The first kappa shape index (κ1) is 14.8. The van der Waals surface area contributed by atoms with Crippen molar-refractivity contribution in [2.75, 3.05) is 16.8 Å². The Hall–Kier alpha value is -2.15. The van der Waals surface area contributed by atoms with E-state index in [2.05, 4.69) is 26.3 Å². The zero-order chi connectivity index (χ0) is 15.7. The second-order valence-electron chi connectivity index (χ2n) is 5.11. The largest absolute Gasteiger partial charge is 0.371 e. The molecule has 1 N–H and O–H groups in total. The van der Waals surface area contributed by atoms with E-state index in [-0.39, 0.29) is 17.5 Å². The quantitative estimate of drug-likeness (QED) is 0.903. The maximum absolute atomic E-state index is 12.5. The van der Waals surface area contributed by atoms with Crippen molar-refractivity contribution in [1.82, 2.24) is 9.78 Å². The van der Waals surface area contributed by atoms with Crippen LogP contribution in [-0.4, -0.2) is 28.3 Å². The molecule has 1 atom stereocenters. The second kappa shape index (κ2) is 5.92. The summed E-state index contributed by atoms with van der Waals surface area (Å²) in [5.74, 6) is -0.00113. The molecule has 1 aliphatic rings. The van der Waals surface area contributed by atoms with Crippen LogP contribution in [-0.2, 0) is 11.8 Å². The number of anilines is 2. The van der Waals surface area contributed by atoms with Crippen LogP contribution in [0.4, 0.5) is 11.4 Å². The number of aryl methyl sites for hydroxylation is 1. The SMILES string of the molecule is Cn1ncc(NC2CCN(c3ccccc3)C2=O)c(Br)c1=O. The fourth-order valence-electron chi connectivity index (χ4n) is 2.48. The molecule has 6 nitrogen and oxygen atoms in total. The van der Waals surface area contributed by atoms with Crippen LogP contribution in [0.1, 0.15) is 6.42 Å². The van der Waals surface area contributed by atoms with Gasteiger partial charge in [0.1, 0.15) is 10.5 Å². The summed E-state index contributed by atoms with van der Waals surface area (Å²) in [4.78, 5) is 26.1. The Morgan fingerprint density at radius 1 is 1.27 bits per heavy atom. The van der Waals surface area contributed by atoms with Crippen molar-refractivity contribution in [1.29, 1.82) is 0 Å². The van der Waals surface area contributed by atoms with Gasteiger partial charge in [-0.3, -0.25) is 9.59 Å². The van der Waals surface area contributed by atoms with E-state index < -0.39 is 0 Å². The Balaban J connectivity index is 1.79. The molecule has 1 aliphatic heterocycles. The molecule has 1 unspecified atom stereocenters. The summed E-state index contributed by atoms with van der Waals surface area (Å²) in [5, 5.41) is 7.08. The molecule has 22 heavy (non-hydrogen) atoms. The van der Waals surface area contributed by atoms with Crippen molar-refractivity contribution in [3.05, 3.63) is 51.4 Å². The van der Waals surface area contributed by atoms with Gasteiger partial charge in [-0.25, -0.2) is 4.68 Å². The number of carbonyl (C=O) groups is 1. The molecule has 1 amide bonds. The highest BCUT2D eigenvalue weighted by atomic mass is 79.9. The standard InChI is InChI=1S/C15H15BrN4O2/c1-19-15(22)13(16)12(9-17-19)18-11-7-8-20(14(11)21)10-5-3-2-4-6-10/h2-6,9,11,18H,7-8H2,1H3. The fourth-order valence-corrected chi connectivity index (χ4v) is 2.95. The van der Waals surface area contributed by atoms with Gasteiger partial charge in [-0.2, -0.15) is 5.10 Å². The summed E-state index contributed by atoms with van der Waals surface area (Å²) in [5.41, 5.74) is 1.18. The lowest BCUT2D eigenvalue weighted by atomic mass is 10.2. The summed E-state index contributed by atoms with van der Waals surface area (Å²) in [6.07, 6.45) is 2.22. The van der Waals surface area contributed by atoms with E-state index in [4.69, 9.17) is 0 Å². The molecule has 0 radical (unpaired) electrons. The topological polar surface area (TPSA) is 67.2 Å². The molecular formula is C15H15BrN4O2. The Morgan fingerprint density at radius 3 is 2.73 bits per heavy atom. The Morgan fingerprint density at radius 2 is 2.00 bits per heavy atom. The average Bonchev–Trinajstić information content (AvgIpc) is 2.90. The van der Waals surface area contributed by atoms with E-state index in [9.17, 15) is 9.59 Å². The lowest BCUT2D eigenvalue weighted by molar-refractivity contribution is -0.117. The van der Waals surface area contributed by atoms with Crippen molar-refractivity contribution in [2.45, 2.75) is 12.5 Å². The van der Waals surface area contributed by atoms with E-state index in [0.717, 1.165) is 5.69 Å². The minimum absolute atomic E-state index is 0.00113. The van der Waals surface area contributed by atoms with Crippen molar-refractivity contribution >= 4 is 33.2 Å². The van der Waals surface area contributed by atoms with E-state index in [0.29, 0.717) is 23.1 Å². The monoisotopic (exact) mass is 362 g/mol. The molecule has 0 aliphatic carbocycles. The fraction of sp³-hybridized carbons (Fsp3) is 0.267. The summed E-state index contributed by atoms with van der Waals surface area (Å²) in [6.45, 7) is 0.649. The molecule has 1 aromatic heterocycles. The number of nitrogens with one attached hydrogen (secondary N) is 1. The molecule has 0 bridgehead atoms. The normalized spacial score (nSPS) is 17.8. The highest BCUT2D eigenvalue weighted by Gasteiger charge is 2.32. The molecule has 0 saturated carbocycles. The highest BCUT2D eigenvalue weighted by molar-refractivity contribution is 9.10. The number of benzene rings is 1. The van der Waals surface area contributed by atoms with Gasteiger partial charge in [0.05, 0.1) is 11.9 Å². The van der Waals surface area contributed by atoms with E-state index in [1.807, 2.05) is 30.3 Å². The first-order valence-corrected chi connectivity index (χ1v) is 7.72. The van der Waals surface area contributed by atoms with E-state index >= 15 is 0 Å². The average molecular weight is 363 g/mol. The maximum atomic E-state index is 12.5. The van der Waals surface area contributed by atoms with Gasteiger partial charge in [-0.15, -0.1) is 0 Å². The zero-order valence-corrected chi connectivity index (χ0v) is 13.6. The number of hydrogen-bond acceptors (Lipinski definition) is 4. The van der Waals surface area contributed by atoms with Crippen LogP contribution < -0.4 is 15.8 Å². The summed E-state index contributed by atoms with van der Waals surface area (Å²) in [6, 6.07) is 9.20. The summed E-state index contributed by atoms with van der Waals surface area (Å²) in [7, 11) is 1.58. The van der Waals surface area contributed by atoms with Crippen LogP contribution in [0.25, 0.3) is 0 Å². The summed E-state index contributed by atoms with van der Waals surface area (Å²) < 4.78 is 1.62. The Labute approximate surface area is 135 Å². The van der Waals surface area contributed by atoms with Gasteiger partial charge >= 0.3 is 0 Å². The van der Waals surface area contributed by atoms with Crippen LogP contribution in [0, 0.1) is 0 Å². The molecule has 114 valence electrons. The van der Waals surface area contributed by atoms with Crippen LogP contribution in [0.2, 0.25) is 0 Å². The number of aromatic nitrogens is 2. The number of halogens is 1. The Bertz CT molecular complexity index is 760. The number of carbonyl (C=O) groups excluding carboxylic acids is 1. The van der Waals surface area contributed by atoms with Gasteiger partial charge in [-0.05, 0) is 34.5 Å². The molecule has 2 aromatic rings. The third-order valence-corrected chi connectivity index (χ3v) is 4.45. The highest BCUT2D eigenvalue weighted by Crippen LogP contribution is 2.25. The smallest absolute Gasteiger partial charge is 0.282 e. The van der Waals surface area contributed by atoms with Gasteiger partial charge in [0, 0.05) is 19.3 Å². The van der Waals surface area contributed by atoms with E-state index in [1.54, 1.807) is 18.1 Å². The van der Waals surface area contributed by atoms with Gasteiger partial charge in [0.2, 0.25) is 5.91 Å². The minimum Gasteiger partial charge on any atom is -0.371 e. The molecule has 3 rings (SSSR count). The third-order valence-electron chi connectivity index (χ3n) is 3.68. The molecular weight excluding hydrogens is 348 g/mol. The van der Waals surface area contributed by atoms with Crippen LogP contribution in [0.5, 0.6) is 0 Å². The number of para-hydroxylation sites is 1. The molecule has 7 heteroatoms. The van der Waals surface area contributed by atoms with Crippen LogP contribution in [0.15, 0.2) is 45.8 Å². The first-order valence-electron chi connectivity index (χ1n) is 6.92. The molecule has 1 fully saturated rings. The van der Waals surface area contributed by atoms with Crippen LogP contribution >= 0.6 is 15.9 Å². The van der Waals surface area contributed by atoms with Gasteiger partial charge in [0.15, 0.2) is 0 Å². The Kier molecular flexibility index (Phi) is 3.98. The van der Waals surface area contributed by atoms with Crippen LogP contribution in [0.3, 0.4) is 0 Å². The molecule has 1 aromatic carbocycles. The first-order chi connectivity index (χ1) is 10.6. The molecule has 0 spiro atoms. The zero-order valence-electron chi connectivity index (χ0n) is 12.0. The van der Waals surface area contributed by atoms with Crippen molar-refractivity contribution in [3.8, 4) is 0 Å². The number of amides is 1. The third kappa shape index (κ3) is 2.64. The van der Waals surface area contributed by atoms with E-state index in [1.165, 1.54) is 4.68 Å². The number of rotatable bonds is 3.